The van der Waals surface area contributed by atoms with E-state index in [9.17, 15) is 8.42 Å². The molecule has 3 aromatic rings. The number of nitrogens with zero attached hydrogens (tertiary/aromatic N) is 2. The average molecular weight is 389 g/mol. The van der Waals surface area contributed by atoms with Crippen LogP contribution in [0.15, 0.2) is 51.9 Å². The van der Waals surface area contributed by atoms with Gasteiger partial charge in [0, 0.05) is 19.0 Å². The first-order valence-electron chi connectivity index (χ1n) is 8.04. The minimum Gasteiger partial charge on any atom is -0.493 e. The molecule has 0 aliphatic carbocycles. The fourth-order valence-corrected chi connectivity index (χ4v) is 3.47. The highest BCUT2D eigenvalue weighted by atomic mass is 32.2. The molecule has 9 heteroatoms. The highest BCUT2D eigenvalue weighted by Crippen LogP contribution is 2.27. The van der Waals surface area contributed by atoms with Crippen LogP contribution in [-0.4, -0.2) is 32.8 Å². The Labute approximate surface area is 157 Å². The van der Waals surface area contributed by atoms with E-state index in [1.165, 1.54) is 19.2 Å². The Kier molecular flexibility index (Phi) is 5.43. The first-order valence-corrected chi connectivity index (χ1v) is 9.52. The smallest absolute Gasteiger partial charge is 0.240 e. The fourth-order valence-electron chi connectivity index (χ4n) is 2.45. The molecule has 3 rings (SSSR count). The molecule has 142 valence electrons. The molecule has 8 nitrogen and oxygen atoms in total. The van der Waals surface area contributed by atoms with Gasteiger partial charge in [0.25, 0.3) is 0 Å². The normalized spacial score (nSPS) is 11.4. The maximum Gasteiger partial charge on any atom is 0.240 e. The van der Waals surface area contributed by atoms with E-state index >= 15 is 0 Å². The number of sulfonamides is 1. The monoisotopic (exact) mass is 389 g/mol. The highest BCUT2D eigenvalue weighted by molar-refractivity contribution is 7.89. The van der Waals surface area contributed by atoms with Crippen LogP contribution in [0.3, 0.4) is 0 Å². The molecule has 0 fully saturated rings. The lowest BCUT2D eigenvalue weighted by Crippen LogP contribution is -2.23. The molecule has 0 unspecified atom stereocenters. The van der Waals surface area contributed by atoms with Crippen molar-refractivity contribution in [2.75, 3.05) is 14.2 Å². The van der Waals surface area contributed by atoms with Gasteiger partial charge in [0.15, 0.2) is 11.5 Å². The zero-order valence-electron chi connectivity index (χ0n) is 15.1. The van der Waals surface area contributed by atoms with Crippen LogP contribution in [0.25, 0.3) is 11.4 Å². The maximum atomic E-state index is 12.5. The SMILES string of the molecule is COc1ccc(CNS(=O)(=O)c2ccc(-c3noc(C)n3)cc2)cc1OC. The summed E-state index contributed by atoms with van der Waals surface area (Å²) in [5.41, 5.74) is 1.42. The summed E-state index contributed by atoms with van der Waals surface area (Å²) in [4.78, 5) is 4.26. The lowest BCUT2D eigenvalue weighted by Gasteiger charge is -2.11. The Bertz CT molecular complexity index is 1030. The van der Waals surface area contributed by atoms with Crippen LogP contribution < -0.4 is 14.2 Å². The van der Waals surface area contributed by atoms with E-state index in [1.807, 2.05) is 0 Å². The molecule has 0 saturated carbocycles. The number of aromatic nitrogens is 2. The summed E-state index contributed by atoms with van der Waals surface area (Å²) in [7, 11) is -0.606. The van der Waals surface area contributed by atoms with Gasteiger partial charge in [-0.3, -0.25) is 0 Å². The van der Waals surface area contributed by atoms with Crippen molar-refractivity contribution in [2.24, 2.45) is 0 Å². The van der Waals surface area contributed by atoms with E-state index in [2.05, 4.69) is 14.9 Å². The van der Waals surface area contributed by atoms with Crippen LogP contribution in [0.4, 0.5) is 0 Å². The molecule has 0 spiro atoms. The zero-order chi connectivity index (χ0) is 19.4. The van der Waals surface area contributed by atoms with Gasteiger partial charge in [-0.2, -0.15) is 4.98 Å². The molecule has 1 N–H and O–H groups in total. The van der Waals surface area contributed by atoms with Gasteiger partial charge >= 0.3 is 0 Å². The van der Waals surface area contributed by atoms with Gasteiger partial charge in [-0.1, -0.05) is 11.2 Å². The Morgan fingerprint density at radius 2 is 1.74 bits per heavy atom. The van der Waals surface area contributed by atoms with Crippen molar-refractivity contribution in [1.29, 1.82) is 0 Å². The first-order chi connectivity index (χ1) is 12.9. The molecule has 1 aromatic heterocycles. The summed E-state index contributed by atoms with van der Waals surface area (Å²) in [5.74, 6) is 1.97. The molecule has 0 bridgehead atoms. The third kappa shape index (κ3) is 4.26. The summed E-state index contributed by atoms with van der Waals surface area (Å²) in [6.07, 6.45) is 0. The van der Waals surface area contributed by atoms with E-state index in [0.717, 1.165) is 5.56 Å². The molecule has 0 aliphatic heterocycles. The second kappa shape index (κ2) is 7.77. The van der Waals surface area contributed by atoms with Gasteiger partial charge < -0.3 is 14.0 Å². The van der Waals surface area contributed by atoms with Crippen molar-refractivity contribution in [2.45, 2.75) is 18.4 Å². The summed E-state index contributed by atoms with van der Waals surface area (Å²) in [6.45, 7) is 1.81. The molecule has 27 heavy (non-hydrogen) atoms. The lowest BCUT2D eigenvalue weighted by atomic mass is 10.2. The minimum absolute atomic E-state index is 0.120. The van der Waals surface area contributed by atoms with Crippen LogP contribution in [0.1, 0.15) is 11.5 Å². The number of aryl methyl sites for hydroxylation is 1. The van der Waals surface area contributed by atoms with Crippen LogP contribution in [-0.2, 0) is 16.6 Å². The number of methoxy groups -OCH3 is 2. The average Bonchev–Trinajstić information content (AvgIpc) is 3.12. The second-order valence-corrected chi connectivity index (χ2v) is 7.44. The van der Waals surface area contributed by atoms with Crippen LogP contribution in [0.2, 0.25) is 0 Å². The van der Waals surface area contributed by atoms with Gasteiger partial charge in [0.05, 0.1) is 19.1 Å². The minimum atomic E-state index is -3.67. The van der Waals surface area contributed by atoms with E-state index in [-0.39, 0.29) is 11.4 Å². The summed E-state index contributed by atoms with van der Waals surface area (Å²) in [6, 6.07) is 11.5. The lowest BCUT2D eigenvalue weighted by molar-refractivity contribution is 0.354. The highest BCUT2D eigenvalue weighted by Gasteiger charge is 2.15. The number of hydrogen-bond acceptors (Lipinski definition) is 7. The first kappa shape index (κ1) is 18.9. The molecular weight excluding hydrogens is 370 g/mol. The van der Waals surface area contributed by atoms with Crippen molar-refractivity contribution in [3.63, 3.8) is 0 Å². The van der Waals surface area contributed by atoms with E-state index in [1.54, 1.807) is 44.4 Å². The number of ether oxygens (including phenoxy) is 2. The Morgan fingerprint density at radius 3 is 2.33 bits per heavy atom. The van der Waals surface area contributed by atoms with E-state index in [4.69, 9.17) is 14.0 Å². The van der Waals surface area contributed by atoms with E-state index in [0.29, 0.717) is 28.8 Å². The van der Waals surface area contributed by atoms with Crippen molar-refractivity contribution in [3.05, 3.63) is 53.9 Å². The third-order valence-electron chi connectivity index (χ3n) is 3.86. The summed E-state index contributed by atoms with van der Waals surface area (Å²) in [5, 5.41) is 3.81. The van der Waals surface area contributed by atoms with Gasteiger partial charge in [-0.15, -0.1) is 0 Å². The Balaban J connectivity index is 1.73. The van der Waals surface area contributed by atoms with Crippen LogP contribution in [0.5, 0.6) is 11.5 Å². The fraction of sp³-hybridized carbons (Fsp3) is 0.222. The van der Waals surface area contributed by atoms with Crippen LogP contribution in [0, 0.1) is 6.92 Å². The largest absolute Gasteiger partial charge is 0.493 e. The number of hydrogen-bond donors (Lipinski definition) is 1. The van der Waals surface area contributed by atoms with Gasteiger partial charge in [0.1, 0.15) is 0 Å². The molecule has 2 aromatic carbocycles. The predicted octanol–water partition coefficient (Wildman–Crippen LogP) is 2.54. The third-order valence-corrected chi connectivity index (χ3v) is 5.28. The molecule has 0 aliphatic rings. The standard InChI is InChI=1S/C18H19N3O5S/c1-12-20-18(21-26-12)14-5-7-15(8-6-14)27(22,23)19-11-13-4-9-16(24-2)17(10-13)25-3/h4-10,19H,11H2,1-3H3. The quantitative estimate of drug-likeness (QED) is 0.662. The molecular formula is C18H19N3O5S. The Hall–Kier alpha value is -2.91. The predicted molar refractivity (Wildman–Crippen MR) is 98.0 cm³/mol. The Morgan fingerprint density at radius 1 is 1.04 bits per heavy atom. The zero-order valence-corrected chi connectivity index (χ0v) is 15.9. The van der Waals surface area contributed by atoms with Gasteiger partial charge in [-0.25, -0.2) is 13.1 Å². The summed E-state index contributed by atoms with van der Waals surface area (Å²) < 4.78 is 42.9. The number of benzene rings is 2. The van der Waals surface area contributed by atoms with Crippen molar-refractivity contribution in [1.82, 2.24) is 14.9 Å². The summed E-state index contributed by atoms with van der Waals surface area (Å²) >= 11 is 0. The topological polar surface area (TPSA) is 104 Å². The molecule has 0 atom stereocenters. The van der Waals surface area contributed by atoms with Crippen molar-refractivity contribution < 1.29 is 22.4 Å². The maximum absolute atomic E-state index is 12.5. The molecule has 1 heterocycles. The molecule has 0 amide bonds. The number of nitrogens with one attached hydrogen (secondary N) is 1. The molecule has 0 radical (unpaired) electrons. The van der Waals surface area contributed by atoms with Gasteiger partial charge in [0.2, 0.25) is 21.7 Å². The van der Waals surface area contributed by atoms with Crippen molar-refractivity contribution in [3.8, 4) is 22.9 Å². The van der Waals surface area contributed by atoms with E-state index < -0.39 is 10.0 Å². The second-order valence-electron chi connectivity index (χ2n) is 5.68. The molecule has 0 saturated heterocycles. The number of rotatable bonds is 7. The van der Waals surface area contributed by atoms with Crippen LogP contribution >= 0.6 is 0 Å². The van der Waals surface area contributed by atoms with Gasteiger partial charge in [-0.05, 0) is 42.0 Å². The van der Waals surface area contributed by atoms with Crippen molar-refractivity contribution >= 4 is 10.0 Å².